The number of benzene rings is 2. The first-order valence-electron chi connectivity index (χ1n) is 5.71. The molecule has 0 radical (unpaired) electrons. The van der Waals surface area contributed by atoms with Crippen LogP contribution in [0.3, 0.4) is 0 Å². The van der Waals surface area contributed by atoms with Crippen LogP contribution in [0.5, 0.6) is 0 Å². The molecule has 2 aromatic rings. The van der Waals surface area contributed by atoms with E-state index in [9.17, 15) is 4.79 Å². The van der Waals surface area contributed by atoms with E-state index in [1.165, 1.54) is 5.56 Å². The molecule has 4 nitrogen and oxygen atoms in total. The van der Waals surface area contributed by atoms with Crippen molar-refractivity contribution < 1.29 is 4.79 Å². The first kappa shape index (κ1) is 12.0. The van der Waals surface area contributed by atoms with E-state index >= 15 is 0 Å². The van der Waals surface area contributed by atoms with Crippen LogP contribution in [0.1, 0.15) is 5.56 Å². The van der Waals surface area contributed by atoms with E-state index in [-0.39, 0.29) is 0 Å². The van der Waals surface area contributed by atoms with Gasteiger partial charge in [0.25, 0.3) is 0 Å². The lowest BCUT2D eigenvalue weighted by Gasteiger charge is -2.08. The summed E-state index contributed by atoms with van der Waals surface area (Å²) in [5.74, 6) is 0. The Morgan fingerprint density at radius 1 is 0.889 bits per heavy atom. The van der Waals surface area contributed by atoms with Crippen molar-refractivity contribution in [1.82, 2.24) is 5.43 Å². The Kier molecular flexibility index (Phi) is 4.19. The van der Waals surface area contributed by atoms with Crippen LogP contribution < -0.4 is 16.2 Å². The van der Waals surface area contributed by atoms with Gasteiger partial charge in [-0.05, 0) is 29.8 Å². The van der Waals surface area contributed by atoms with E-state index in [1.54, 1.807) is 0 Å². The molecule has 0 aliphatic heterocycles. The smallest absolute Gasteiger partial charge is 0.225 e. The minimum absolute atomic E-state index is 0.599. The Bertz CT molecular complexity index is 482. The summed E-state index contributed by atoms with van der Waals surface area (Å²) in [6, 6.07) is 17.9. The van der Waals surface area contributed by atoms with E-state index in [1.807, 2.05) is 42.5 Å². The number of hydrogen-bond acceptors (Lipinski definition) is 3. The average molecular weight is 241 g/mol. The normalized spacial score (nSPS) is 9.56. The number of carbonyl (C=O) groups is 1. The maximum atomic E-state index is 10.1. The van der Waals surface area contributed by atoms with Crippen molar-refractivity contribution in [2.45, 2.75) is 6.54 Å². The summed E-state index contributed by atoms with van der Waals surface area (Å²) in [5, 5.41) is 3.33. The third-order valence-corrected chi connectivity index (χ3v) is 2.50. The second-order valence-electron chi connectivity index (χ2n) is 3.80. The van der Waals surface area contributed by atoms with Gasteiger partial charge in [-0.2, -0.15) is 0 Å². The van der Waals surface area contributed by atoms with Gasteiger partial charge in [0.1, 0.15) is 0 Å². The summed E-state index contributed by atoms with van der Waals surface area (Å²) >= 11 is 0. The molecule has 3 N–H and O–H groups in total. The lowest BCUT2D eigenvalue weighted by atomic mass is 10.2. The Morgan fingerprint density at radius 3 is 2.22 bits per heavy atom. The third-order valence-electron chi connectivity index (χ3n) is 2.50. The molecule has 0 saturated carbocycles. The molecule has 4 heteroatoms. The molecule has 0 bridgehead atoms. The van der Waals surface area contributed by atoms with Gasteiger partial charge in [-0.25, -0.2) is 0 Å². The van der Waals surface area contributed by atoms with Gasteiger partial charge in [-0.3, -0.25) is 15.6 Å². The average Bonchev–Trinajstić information content (AvgIpc) is 2.45. The Morgan fingerprint density at radius 2 is 1.56 bits per heavy atom. The van der Waals surface area contributed by atoms with Gasteiger partial charge >= 0.3 is 0 Å². The maximum absolute atomic E-state index is 10.1. The SMILES string of the molecule is O=CNNc1ccc(NCc2ccccc2)cc1. The number of nitrogens with one attached hydrogen (secondary N) is 3. The topological polar surface area (TPSA) is 53.2 Å². The lowest BCUT2D eigenvalue weighted by Crippen LogP contribution is -2.18. The van der Waals surface area contributed by atoms with E-state index in [0.29, 0.717) is 6.41 Å². The summed E-state index contributed by atoms with van der Waals surface area (Å²) in [7, 11) is 0. The molecule has 0 heterocycles. The highest BCUT2D eigenvalue weighted by Crippen LogP contribution is 2.13. The highest BCUT2D eigenvalue weighted by atomic mass is 16.1. The number of hydrazine groups is 1. The molecular weight excluding hydrogens is 226 g/mol. The molecule has 18 heavy (non-hydrogen) atoms. The van der Waals surface area contributed by atoms with E-state index in [4.69, 9.17) is 0 Å². The molecule has 0 saturated heterocycles. The third kappa shape index (κ3) is 3.52. The fourth-order valence-corrected chi connectivity index (χ4v) is 1.58. The first-order chi connectivity index (χ1) is 8.88. The monoisotopic (exact) mass is 241 g/mol. The zero-order valence-electron chi connectivity index (χ0n) is 9.89. The van der Waals surface area contributed by atoms with Crippen molar-refractivity contribution in [3.63, 3.8) is 0 Å². The quantitative estimate of drug-likeness (QED) is 0.537. The fourth-order valence-electron chi connectivity index (χ4n) is 1.58. The van der Waals surface area contributed by atoms with Gasteiger partial charge in [0.15, 0.2) is 0 Å². The van der Waals surface area contributed by atoms with Crippen molar-refractivity contribution in [2.75, 3.05) is 10.7 Å². The summed E-state index contributed by atoms with van der Waals surface area (Å²) in [6.07, 6.45) is 0.599. The second kappa shape index (κ2) is 6.30. The largest absolute Gasteiger partial charge is 0.381 e. The minimum Gasteiger partial charge on any atom is -0.381 e. The standard InChI is InChI=1S/C14H15N3O/c18-11-16-17-14-8-6-13(7-9-14)15-10-12-4-2-1-3-5-12/h1-9,11,15,17H,10H2,(H,16,18). The van der Waals surface area contributed by atoms with Crippen LogP contribution in [-0.2, 0) is 11.3 Å². The van der Waals surface area contributed by atoms with Crippen LogP contribution in [0, 0.1) is 0 Å². The van der Waals surface area contributed by atoms with Crippen molar-refractivity contribution in [3.8, 4) is 0 Å². The minimum atomic E-state index is 0.599. The highest BCUT2D eigenvalue weighted by Gasteiger charge is 1.94. The second-order valence-corrected chi connectivity index (χ2v) is 3.80. The number of rotatable bonds is 6. The predicted molar refractivity (Wildman–Crippen MR) is 73.0 cm³/mol. The number of amides is 1. The molecule has 0 unspecified atom stereocenters. The van der Waals surface area contributed by atoms with Gasteiger partial charge < -0.3 is 5.32 Å². The van der Waals surface area contributed by atoms with Gasteiger partial charge in [0.05, 0.1) is 5.69 Å². The Balaban J connectivity index is 1.88. The molecule has 0 fully saturated rings. The van der Waals surface area contributed by atoms with E-state index in [0.717, 1.165) is 17.9 Å². The fraction of sp³-hybridized carbons (Fsp3) is 0.0714. The first-order valence-corrected chi connectivity index (χ1v) is 5.71. The number of carbonyl (C=O) groups excluding carboxylic acids is 1. The number of hydrogen-bond donors (Lipinski definition) is 3. The number of anilines is 2. The predicted octanol–water partition coefficient (Wildman–Crippen LogP) is 2.37. The Hall–Kier alpha value is -2.49. The zero-order valence-corrected chi connectivity index (χ0v) is 9.89. The van der Waals surface area contributed by atoms with Crippen LogP contribution in [0.25, 0.3) is 0 Å². The van der Waals surface area contributed by atoms with Crippen LogP contribution in [-0.4, -0.2) is 6.41 Å². The summed E-state index contributed by atoms with van der Waals surface area (Å²) < 4.78 is 0. The van der Waals surface area contributed by atoms with Crippen molar-refractivity contribution in [1.29, 1.82) is 0 Å². The van der Waals surface area contributed by atoms with Crippen molar-refractivity contribution in [3.05, 3.63) is 60.2 Å². The molecule has 0 aromatic heterocycles. The maximum Gasteiger partial charge on any atom is 0.225 e. The van der Waals surface area contributed by atoms with Crippen LogP contribution in [0.15, 0.2) is 54.6 Å². The molecule has 2 rings (SSSR count). The van der Waals surface area contributed by atoms with Gasteiger partial charge in [-0.15, -0.1) is 0 Å². The van der Waals surface area contributed by atoms with Gasteiger partial charge in [-0.1, -0.05) is 30.3 Å². The lowest BCUT2D eigenvalue weighted by molar-refractivity contribution is -0.109. The Labute approximate surface area is 106 Å². The van der Waals surface area contributed by atoms with Crippen LogP contribution in [0.4, 0.5) is 11.4 Å². The van der Waals surface area contributed by atoms with Gasteiger partial charge in [0, 0.05) is 12.2 Å². The summed E-state index contributed by atoms with van der Waals surface area (Å²) in [6.45, 7) is 0.792. The summed E-state index contributed by atoms with van der Waals surface area (Å²) in [5.41, 5.74) is 8.26. The molecule has 2 aromatic carbocycles. The highest BCUT2D eigenvalue weighted by molar-refractivity contribution is 5.56. The molecule has 1 amide bonds. The van der Waals surface area contributed by atoms with Gasteiger partial charge in [0.2, 0.25) is 6.41 Å². The van der Waals surface area contributed by atoms with Crippen molar-refractivity contribution >= 4 is 17.8 Å². The van der Waals surface area contributed by atoms with Crippen molar-refractivity contribution in [2.24, 2.45) is 0 Å². The van der Waals surface area contributed by atoms with Crippen LogP contribution >= 0.6 is 0 Å². The van der Waals surface area contributed by atoms with Crippen LogP contribution in [0.2, 0.25) is 0 Å². The molecule has 0 spiro atoms. The molecule has 92 valence electrons. The molecule has 0 aliphatic rings. The molecule has 0 atom stereocenters. The summed E-state index contributed by atoms with van der Waals surface area (Å²) in [4.78, 5) is 10.1. The van der Waals surface area contributed by atoms with E-state index in [2.05, 4.69) is 28.3 Å². The van der Waals surface area contributed by atoms with E-state index < -0.39 is 0 Å². The molecule has 0 aliphatic carbocycles. The zero-order chi connectivity index (χ0) is 12.6. The molecular formula is C14H15N3O.